The van der Waals surface area contributed by atoms with Crippen LogP contribution in [0.25, 0.3) is 0 Å². The number of anilines is 1. The van der Waals surface area contributed by atoms with Crippen molar-refractivity contribution in [3.63, 3.8) is 0 Å². The Morgan fingerprint density at radius 1 is 1.05 bits per heavy atom. The molecular formula is C17H20BrNO2. The van der Waals surface area contributed by atoms with Gasteiger partial charge in [-0.3, -0.25) is 0 Å². The van der Waals surface area contributed by atoms with Crippen LogP contribution in [0.5, 0.6) is 11.5 Å². The maximum Gasteiger partial charge on any atom is 0.124 e. The van der Waals surface area contributed by atoms with E-state index in [0.29, 0.717) is 0 Å². The molecule has 0 saturated heterocycles. The van der Waals surface area contributed by atoms with E-state index in [1.54, 1.807) is 14.2 Å². The standard InChI is InChI=1S/C17H20BrNO2/c1-4-17(12-6-5-7-13(18)8-12)19-14-9-15(20-2)11-16(10-14)21-3/h5-11,17,19H,4H2,1-3H3. The number of ether oxygens (including phenoxy) is 2. The summed E-state index contributed by atoms with van der Waals surface area (Å²) in [7, 11) is 3.31. The van der Waals surface area contributed by atoms with Crippen LogP contribution in [-0.4, -0.2) is 14.2 Å². The SMILES string of the molecule is CCC(Nc1cc(OC)cc(OC)c1)c1cccc(Br)c1. The lowest BCUT2D eigenvalue weighted by molar-refractivity contribution is 0.394. The molecule has 0 spiro atoms. The number of nitrogens with one attached hydrogen (secondary N) is 1. The second kappa shape index (κ2) is 7.36. The van der Waals surface area contributed by atoms with Crippen LogP contribution < -0.4 is 14.8 Å². The van der Waals surface area contributed by atoms with Crippen LogP contribution in [0.4, 0.5) is 5.69 Å². The molecule has 0 aliphatic heterocycles. The molecule has 0 amide bonds. The van der Waals surface area contributed by atoms with E-state index in [2.05, 4.69) is 46.4 Å². The van der Waals surface area contributed by atoms with E-state index in [0.717, 1.165) is 28.1 Å². The van der Waals surface area contributed by atoms with Gasteiger partial charge < -0.3 is 14.8 Å². The summed E-state index contributed by atoms with van der Waals surface area (Å²) in [6, 6.07) is 14.4. The number of methoxy groups -OCH3 is 2. The van der Waals surface area contributed by atoms with Gasteiger partial charge in [-0.1, -0.05) is 35.0 Å². The number of rotatable bonds is 6. The Bertz CT molecular complexity index is 579. The van der Waals surface area contributed by atoms with Gasteiger partial charge in [0, 0.05) is 28.4 Å². The summed E-state index contributed by atoms with van der Waals surface area (Å²) in [6.07, 6.45) is 0.982. The molecule has 1 atom stereocenters. The summed E-state index contributed by atoms with van der Waals surface area (Å²) in [5, 5.41) is 3.54. The van der Waals surface area contributed by atoms with Crippen LogP contribution in [0.3, 0.4) is 0 Å². The number of hydrogen-bond acceptors (Lipinski definition) is 3. The van der Waals surface area contributed by atoms with Crippen LogP contribution in [-0.2, 0) is 0 Å². The fraction of sp³-hybridized carbons (Fsp3) is 0.294. The van der Waals surface area contributed by atoms with Crippen molar-refractivity contribution in [2.45, 2.75) is 19.4 Å². The minimum atomic E-state index is 0.235. The third-order valence-corrected chi connectivity index (χ3v) is 3.84. The molecule has 0 aliphatic rings. The second-order valence-electron chi connectivity index (χ2n) is 4.76. The summed E-state index contributed by atoms with van der Waals surface area (Å²) < 4.78 is 11.7. The van der Waals surface area contributed by atoms with Crippen LogP contribution in [0, 0.1) is 0 Å². The Labute approximate surface area is 134 Å². The lowest BCUT2D eigenvalue weighted by Gasteiger charge is -2.20. The van der Waals surface area contributed by atoms with Crippen molar-refractivity contribution in [1.82, 2.24) is 0 Å². The van der Waals surface area contributed by atoms with E-state index in [9.17, 15) is 0 Å². The quantitative estimate of drug-likeness (QED) is 0.793. The van der Waals surface area contributed by atoms with Gasteiger partial charge in [-0.2, -0.15) is 0 Å². The molecule has 3 nitrogen and oxygen atoms in total. The van der Waals surface area contributed by atoms with Gasteiger partial charge in [0.25, 0.3) is 0 Å². The first-order valence-corrected chi connectivity index (χ1v) is 7.70. The van der Waals surface area contributed by atoms with Gasteiger partial charge in [-0.25, -0.2) is 0 Å². The third kappa shape index (κ3) is 4.14. The summed E-state index contributed by atoms with van der Waals surface area (Å²) in [6.45, 7) is 2.16. The van der Waals surface area contributed by atoms with Crippen LogP contribution in [0.15, 0.2) is 46.9 Å². The maximum absolute atomic E-state index is 5.31. The van der Waals surface area contributed by atoms with Crippen LogP contribution in [0.2, 0.25) is 0 Å². The predicted molar refractivity (Wildman–Crippen MR) is 90.3 cm³/mol. The van der Waals surface area contributed by atoms with Crippen molar-refractivity contribution in [3.05, 3.63) is 52.5 Å². The zero-order chi connectivity index (χ0) is 15.2. The highest BCUT2D eigenvalue weighted by Gasteiger charge is 2.11. The van der Waals surface area contributed by atoms with E-state index in [1.807, 2.05) is 24.3 Å². The molecule has 2 rings (SSSR count). The molecule has 0 bridgehead atoms. The van der Waals surface area contributed by atoms with Gasteiger partial charge in [-0.15, -0.1) is 0 Å². The zero-order valence-electron chi connectivity index (χ0n) is 12.5. The molecule has 0 aromatic heterocycles. The molecule has 0 saturated carbocycles. The Morgan fingerprint density at radius 2 is 1.71 bits per heavy atom. The van der Waals surface area contributed by atoms with Crippen LogP contribution >= 0.6 is 15.9 Å². The van der Waals surface area contributed by atoms with Gasteiger partial charge in [-0.05, 0) is 24.1 Å². The number of benzene rings is 2. The minimum Gasteiger partial charge on any atom is -0.497 e. The van der Waals surface area contributed by atoms with Crippen molar-refractivity contribution >= 4 is 21.6 Å². The largest absolute Gasteiger partial charge is 0.497 e. The molecule has 0 aliphatic carbocycles. The molecule has 112 valence electrons. The highest BCUT2D eigenvalue weighted by Crippen LogP contribution is 2.30. The Kier molecular flexibility index (Phi) is 5.51. The molecule has 0 heterocycles. The summed E-state index contributed by atoms with van der Waals surface area (Å²) in [5.74, 6) is 1.56. The second-order valence-corrected chi connectivity index (χ2v) is 5.68. The van der Waals surface area contributed by atoms with E-state index in [-0.39, 0.29) is 6.04 Å². The van der Waals surface area contributed by atoms with Crippen molar-refractivity contribution in [2.75, 3.05) is 19.5 Å². The fourth-order valence-electron chi connectivity index (χ4n) is 2.24. The molecule has 1 unspecified atom stereocenters. The zero-order valence-corrected chi connectivity index (χ0v) is 14.1. The first-order valence-electron chi connectivity index (χ1n) is 6.91. The van der Waals surface area contributed by atoms with Gasteiger partial charge in [0.05, 0.1) is 20.3 Å². The lowest BCUT2D eigenvalue weighted by atomic mass is 10.0. The number of halogens is 1. The number of hydrogen-bond donors (Lipinski definition) is 1. The Morgan fingerprint density at radius 3 is 2.24 bits per heavy atom. The van der Waals surface area contributed by atoms with Gasteiger partial charge >= 0.3 is 0 Å². The molecule has 1 N–H and O–H groups in total. The lowest BCUT2D eigenvalue weighted by Crippen LogP contribution is -2.09. The molecular weight excluding hydrogens is 330 g/mol. The molecule has 4 heteroatoms. The van der Waals surface area contributed by atoms with Crippen LogP contribution in [0.1, 0.15) is 24.9 Å². The molecule has 21 heavy (non-hydrogen) atoms. The molecule has 0 radical (unpaired) electrons. The van der Waals surface area contributed by atoms with E-state index in [1.165, 1.54) is 5.56 Å². The van der Waals surface area contributed by atoms with Crippen molar-refractivity contribution in [2.24, 2.45) is 0 Å². The van der Waals surface area contributed by atoms with Crippen molar-refractivity contribution in [3.8, 4) is 11.5 Å². The third-order valence-electron chi connectivity index (χ3n) is 3.35. The van der Waals surface area contributed by atoms with Crippen molar-refractivity contribution < 1.29 is 9.47 Å². The average Bonchev–Trinajstić information content (AvgIpc) is 2.52. The highest BCUT2D eigenvalue weighted by atomic mass is 79.9. The fourth-order valence-corrected chi connectivity index (χ4v) is 2.65. The Hall–Kier alpha value is -1.68. The smallest absolute Gasteiger partial charge is 0.124 e. The maximum atomic E-state index is 5.31. The topological polar surface area (TPSA) is 30.5 Å². The minimum absolute atomic E-state index is 0.235. The van der Waals surface area contributed by atoms with Gasteiger partial charge in [0.15, 0.2) is 0 Å². The van der Waals surface area contributed by atoms with Crippen molar-refractivity contribution in [1.29, 1.82) is 0 Å². The molecule has 0 fully saturated rings. The molecule has 2 aromatic rings. The summed E-state index contributed by atoms with van der Waals surface area (Å²) in [4.78, 5) is 0. The first-order chi connectivity index (χ1) is 10.2. The normalized spacial score (nSPS) is 11.8. The van der Waals surface area contributed by atoms with E-state index >= 15 is 0 Å². The molecule has 2 aromatic carbocycles. The first kappa shape index (κ1) is 15.7. The highest BCUT2D eigenvalue weighted by molar-refractivity contribution is 9.10. The van der Waals surface area contributed by atoms with Gasteiger partial charge in [0.1, 0.15) is 11.5 Å². The van der Waals surface area contributed by atoms with Gasteiger partial charge in [0.2, 0.25) is 0 Å². The predicted octanol–water partition coefficient (Wildman–Crippen LogP) is 5.03. The van der Waals surface area contributed by atoms with E-state index in [4.69, 9.17) is 9.47 Å². The summed E-state index contributed by atoms with van der Waals surface area (Å²) >= 11 is 3.52. The average molecular weight is 350 g/mol. The summed E-state index contributed by atoms with van der Waals surface area (Å²) in [5.41, 5.74) is 2.23. The Balaban J connectivity index is 2.26. The monoisotopic (exact) mass is 349 g/mol. The van der Waals surface area contributed by atoms with E-state index < -0.39 is 0 Å².